The lowest BCUT2D eigenvalue weighted by Gasteiger charge is -2.13. The smallest absolute Gasteiger partial charge is 0.115 e. The number of phenolic OH excluding ortho intramolecular Hbond substituents is 1. The van der Waals surface area contributed by atoms with Crippen molar-refractivity contribution in [3.63, 3.8) is 0 Å². The molecular formula is C23H19NO. The van der Waals surface area contributed by atoms with Gasteiger partial charge in [-0.05, 0) is 48.4 Å². The number of aromatic nitrogens is 1. The summed E-state index contributed by atoms with van der Waals surface area (Å²) in [5.41, 5.74) is 6.61. The number of hydrogen-bond donors (Lipinski definition) is 1. The molecule has 0 saturated heterocycles. The van der Waals surface area contributed by atoms with Crippen molar-refractivity contribution < 1.29 is 5.11 Å². The van der Waals surface area contributed by atoms with Gasteiger partial charge in [-0.2, -0.15) is 0 Å². The topological polar surface area (TPSA) is 25.2 Å². The molecule has 1 heterocycles. The van der Waals surface area contributed by atoms with E-state index in [1.807, 2.05) is 18.2 Å². The summed E-state index contributed by atoms with van der Waals surface area (Å²) in [6.07, 6.45) is 0. The number of benzene rings is 3. The lowest BCUT2D eigenvalue weighted by Crippen LogP contribution is -1.97. The SMILES string of the molecule is C=C(C)c1c(-c2ccccc2)n(-c2ccc(O)cc2)c2ccccc12. The van der Waals surface area contributed by atoms with Crippen LogP contribution in [0.15, 0.2) is 85.4 Å². The van der Waals surface area contributed by atoms with Crippen LogP contribution in [0.2, 0.25) is 0 Å². The molecule has 0 saturated carbocycles. The molecule has 0 fully saturated rings. The van der Waals surface area contributed by atoms with Crippen LogP contribution in [-0.4, -0.2) is 9.67 Å². The van der Waals surface area contributed by atoms with Crippen molar-refractivity contribution >= 4 is 16.5 Å². The van der Waals surface area contributed by atoms with Gasteiger partial charge < -0.3 is 9.67 Å². The zero-order valence-electron chi connectivity index (χ0n) is 14.1. The third-order valence-electron chi connectivity index (χ3n) is 4.46. The summed E-state index contributed by atoms with van der Waals surface area (Å²) in [5.74, 6) is 0.265. The Kier molecular flexibility index (Phi) is 3.66. The highest BCUT2D eigenvalue weighted by Gasteiger charge is 2.19. The van der Waals surface area contributed by atoms with Crippen LogP contribution in [0.25, 0.3) is 33.4 Å². The van der Waals surface area contributed by atoms with Crippen LogP contribution in [0.5, 0.6) is 5.75 Å². The largest absolute Gasteiger partial charge is 0.508 e. The van der Waals surface area contributed by atoms with Crippen molar-refractivity contribution in [1.29, 1.82) is 0 Å². The van der Waals surface area contributed by atoms with Gasteiger partial charge in [0, 0.05) is 16.6 Å². The first-order chi connectivity index (χ1) is 12.2. The molecule has 3 aromatic carbocycles. The highest BCUT2D eigenvalue weighted by molar-refractivity contribution is 6.01. The van der Waals surface area contributed by atoms with E-state index in [0.717, 1.165) is 33.6 Å². The first-order valence-electron chi connectivity index (χ1n) is 8.31. The molecule has 4 aromatic rings. The summed E-state index contributed by atoms with van der Waals surface area (Å²) in [6.45, 7) is 6.28. The Balaban J connectivity index is 2.16. The van der Waals surface area contributed by atoms with Gasteiger partial charge in [0.05, 0.1) is 11.2 Å². The van der Waals surface area contributed by atoms with Crippen molar-refractivity contribution in [2.75, 3.05) is 0 Å². The second-order valence-corrected chi connectivity index (χ2v) is 6.24. The number of rotatable bonds is 3. The van der Waals surface area contributed by atoms with Gasteiger partial charge in [0.15, 0.2) is 0 Å². The maximum atomic E-state index is 9.67. The fourth-order valence-electron chi connectivity index (χ4n) is 3.41. The van der Waals surface area contributed by atoms with Gasteiger partial charge in [-0.3, -0.25) is 0 Å². The van der Waals surface area contributed by atoms with Gasteiger partial charge in [0.1, 0.15) is 5.75 Å². The summed E-state index contributed by atoms with van der Waals surface area (Å²) in [7, 11) is 0. The van der Waals surface area contributed by atoms with E-state index in [1.54, 1.807) is 12.1 Å². The maximum absolute atomic E-state index is 9.67. The quantitative estimate of drug-likeness (QED) is 0.488. The Morgan fingerprint density at radius 1 is 0.840 bits per heavy atom. The first-order valence-corrected chi connectivity index (χ1v) is 8.31. The number of fused-ring (bicyclic) bond motifs is 1. The summed E-state index contributed by atoms with van der Waals surface area (Å²) < 4.78 is 2.24. The van der Waals surface area contributed by atoms with Crippen LogP contribution < -0.4 is 0 Å². The molecule has 0 unspecified atom stereocenters. The molecule has 0 aliphatic heterocycles. The Morgan fingerprint density at radius 3 is 2.16 bits per heavy atom. The number of hydrogen-bond acceptors (Lipinski definition) is 1. The predicted molar refractivity (Wildman–Crippen MR) is 105 cm³/mol. The van der Waals surface area contributed by atoms with Crippen LogP contribution in [0.4, 0.5) is 0 Å². The summed E-state index contributed by atoms with van der Waals surface area (Å²) >= 11 is 0. The van der Waals surface area contributed by atoms with Gasteiger partial charge in [-0.15, -0.1) is 0 Å². The van der Waals surface area contributed by atoms with Crippen LogP contribution >= 0.6 is 0 Å². The van der Waals surface area contributed by atoms with Crippen molar-refractivity contribution in [3.05, 3.63) is 91.0 Å². The van der Waals surface area contributed by atoms with Gasteiger partial charge in [-0.25, -0.2) is 0 Å². The molecule has 0 atom stereocenters. The monoisotopic (exact) mass is 325 g/mol. The number of aromatic hydroxyl groups is 1. The average molecular weight is 325 g/mol. The first kappa shape index (κ1) is 15.3. The van der Waals surface area contributed by atoms with Gasteiger partial charge >= 0.3 is 0 Å². The highest BCUT2D eigenvalue weighted by atomic mass is 16.3. The van der Waals surface area contributed by atoms with Crippen molar-refractivity contribution in [2.24, 2.45) is 0 Å². The number of allylic oxidation sites excluding steroid dienone is 1. The molecule has 1 aromatic heterocycles. The molecule has 4 rings (SSSR count). The second-order valence-electron chi connectivity index (χ2n) is 6.24. The maximum Gasteiger partial charge on any atom is 0.115 e. The zero-order valence-corrected chi connectivity index (χ0v) is 14.1. The van der Waals surface area contributed by atoms with E-state index in [1.165, 1.54) is 5.39 Å². The van der Waals surface area contributed by atoms with Gasteiger partial charge in [0.25, 0.3) is 0 Å². The average Bonchev–Trinajstić information content (AvgIpc) is 2.98. The Hall–Kier alpha value is -3.26. The van der Waals surface area contributed by atoms with E-state index >= 15 is 0 Å². The number of para-hydroxylation sites is 1. The van der Waals surface area contributed by atoms with Crippen molar-refractivity contribution in [3.8, 4) is 22.7 Å². The summed E-state index contributed by atoms with van der Waals surface area (Å²) in [6, 6.07) is 26.1. The second kappa shape index (κ2) is 5.99. The molecule has 0 bridgehead atoms. The summed E-state index contributed by atoms with van der Waals surface area (Å²) in [4.78, 5) is 0. The van der Waals surface area contributed by atoms with Crippen LogP contribution in [0.1, 0.15) is 12.5 Å². The Morgan fingerprint density at radius 2 is 1.48 bits per heavy atom. The Bertz CT molecular complexity index is 1060. The minimum atomic E-state index is 0.265. The lowest BCUT2D eigenvalue weighted by molar-refractivity contribution is 0.475. The van der Waals surface area contributed by atoms with Crippen molar-refractivity contribution in [2.45, 2.75) is 6.92 Å². The minimum Gasteiger partial charge on any atom is -0.508 e. The molecular weight excluding hydrogens is 306 g/mol. The molecule has 0 spiro atoms. The normalized spacial score (nSPS) is 10.9. The van der Waals surface area contributed by atoms with E-state index in [-0.39, 0.29) is 5.75 Å². The fraction of sp³-hybridized carbons (Fsp3) is 0.0435. The molecule has 2 heteroatoms. The molecule has 0 amide bonds. The third kappa shape index (κ3) is 2.52. The van der Waals surface area contributed by atoms with Crippen LogP contribution in [0, 0.1) is 0 Å². The van der Waals surface area contributed by atoms with E-state index in [2.05, 4.69) is 66.6 Å². The van der Waals surface area contributed by atoms with E-state index in [9.17, 15) is 5.11 Å². The predicted octanol–water partition coefficient (Wildman–Crippen LogP) is 6.04. The molecule has 25 heavy (non-hydrogen) atoms. The van der Waals surface area contributed by atoms with E-state index < -0.39 is 0 Å². The van der Waals surface area contributed by atoms with Crippen LogP contribution in [0.3, 0.4) is 0 Å². The molecule has 1 N–H and O–H groups in total. The molecule has 122 valence electrons. The number of phenols is 1. The van der Waals surface area contributed by atoms with E-state index in [4.69, 9.17) is 0 Å². The minimum absolute atomic E-state index is 0.265. The summed E-state index contributed by atoms with van der Waals surface area (Å²) in [5, 5.41) is 10.9. The van der Waals surface area contributed by atoms with Gasteiger partial charge in [0.2, 0.25) is 0 Å². The Labute approximate surface area is 147 Å². The van der Waals surface area contributed by atoms with Crippen LogP contribution in [-0.2, 0) is 0 Å². The van der Waals surface area contributed by atoms with Crippen molar-refractivity contribution in [1.82, 2.24) is 4.57 Å². The molecule has 0 aliphatic carbocycles. The van der Waals surface area contributed by atoms with E-state index in [0.29, 0.717) is 0 Å². The fourth-order valence-corrected chi connectivity index (χ4v) is 3.41. The number of nitrogens with zero attached hydrogens (tertiary/aromatic N) is 1. The highest BCUT2D eigenvalue weighted by Crippen LogP contribution is 2.39. The molecule has 0 aliphatic rings. The standard InChI is InChI=1S/C23H19NO/c1-16(2)22-20-10-6-7-11-21(20)24(18-12-14-19(25)15-13-18)23(22)17-8-4-3-5-9-17/h3-15,25H,1H2,2H3. The zero-order chi connectivity index (χ0) is 17.4. The molecule has 2 nitrogen and oxygen atoms in total. The lowest BCUT2D eigenvalue weighted by atomic mass is 10.0. The third-order valence-corrected chi connectivity index (χ3v) is 4.46. The molecule has 0 radical (unpaired) electrons. The van der Waals surface area contributed by atoms with Gasteiger partial charge in [-0.1, -0.05) is 55.1 Å².